The molecule has 32 heavy (non-hydrogen) atoms. The average molecular weight is 422 g/mol. The lowest BCUT2D eigenvalue weighted by Gasteiger charge is -2.32. The lowest BCUT2D eigenvalue weighted by molar-refractivity contribution is -0.135. The van der Waals surface area contributed by atoms with Crippen LogP contribution in [0.25, 0.3) is 5.70 Å². The van der Waals surface area contributed by atoms with Crippen LogP contribution >= 0.6 is 0 Å². The van der Waals surface area contributed by atoms with Crippen LogP contribution in [-0.2, 0) is 9.53 Å². The summed E-state index contributed by atoms with van der Waals surface area (Å²) < 4.78 is 5.34. The van der Waals surface area contributed by atoms with E-state index in [0.29, 0.717) is 5.96 Å². The fourth-order valence-electron chi connectivity index (χ4n) is 3.85. The summed E-state index contributed by atoms with van der Waals surface area (Å²) in [6.45, 7) is 2.06. The number of ether oxygens (including phenoxy) is 1. The van der Waals surface area contributed by atoms with E-state index in [4.69, 9.17) is 9.73 Å². The second-order valence-electron chi connectivity index (χ2n) is 7.35. The second kappa shape index (κ2) is 8.51. The number of rotatable bonds is 5. The number of esters is 1. The summed E-state index contributed by atoms with van der Waals surface area (Å²) >= 11 is 0. The lowest BCUT2D eigenvalue weighted by Crippen LogP contribution is -2.44. The molecular weight excluding hydrogens is 400 g/mol. The van der Waals surface area contributed by atoms with E-state index >= 15 is 0 Å². The Morgan fingerprint density at radius 3 is 2.19 bits per heavy atom. The van der Waals surface area contributed by atoms with Crippen LogP contribution in [0.1, 0.15) is 24.1 Å². The maximum Gasteiger partial charge on any atom is 0.376 e. The quantitative estimate of drug-likeness (QED) is 0.552. The number of amidine groups is 1. The van der Waals surface area contributed by atoms with Gasteiger partial charge in [-0.3, -0.25) is 4.90 Å². The number of anilines is 1. The van der Waals surface area contributed by atoms with Crippen molar-refractivity contribution in [3.63, 3.8) is 0 Å². The van der Waals surface area contributed by atoms with Gasteiger partial charge in [-0.2, -0.15) is 5.01 Å². The number of hydrazone groups is 1. The first-order valence-corrected chi connectivity index (χ1v) is 10.6. The van der Waals surface area contributed by atoms with Crippen LogP contribution in [0.5, 0.6) is 0 Å². The molecule has 2 aliphatic heterocycles. The van der Waals surface area contributed by atoms with E-state index in [1.54, 1.807) is 11.9 Å². The minimum atomic E-state index is -0.476. The Bertz CT molecular complexity index is 1200. The number of carbonyl (C=O) groups excluding carboxylic acids is 1. The predicted octanol–water partition coefficient (Wildman–Crippen LogP) is 4.84. The molecule has 2 aliphatic rings. The first kappa shape index (κ1) is 19.8. The van der Waals surface area contributed by atoms with Gasteiger partial charge in [-0.15, -0.1) is 5.10 Å². The Kier molecular flexibility index (Phi) is 5.25. The predicted molar refractivity (Wildman–Crippen MR) is 126 cm³/mol. The number of para-hydroxylation sites is 1. The van der Waals surface area contributed by atoms with E-state index in [-0.39, 0.29) is 18.5 Å². The van der Waals surface area contributed by atoms with Gasteiger partial charge in [0.25, 0.3) is 0 Å². The highest BCUT2D eigenvalue weighted by atomic mass is 16.5. The van der Waals surface area contributed by atoms with E-state index in [0.717, 1.165) is 22.5 Å². The molecule has 0 bridgehead atoms. The SMILES string of the molecule is CCOC(=O)C1=NN(c2ccccc2)C2=NC(c3ccccc3)=CC(c3ccccc3)N12. The van der Waals surface area contributed by atoms with E-state index in [9.17, 15) is 4.79 Å². The molecule has 3 aromatic carbocycles. The Morgan fingerprint density at radius 2 is 1.53 bits per heavy atom. The summed E-state index contributed by atoms with van der Waals surface area (Å²) in [5.74, 6) is 0.303. The summed E-state index contributed by atoms with van der Waals surface area (Å²) in [6, 6.07) is 29.5. The molecular formula is C26H22N4O2. The van der Waals surface area contributed by atoms with Crippen LogP contribution in [-0.4, -0.2) is 29.3 Å². The van der Waals surface area contributed by atoms with Crippen molar-refractivity contribution in [3.05, 3.63) is 108 Å². The number of benzene rings is 3. The van der Waals surface area contributed by atoms with Gasteiger partial charge in [0.2, 0.25) is 11.8 Å². The van der Waals surface area contributed by atoms with Crippen molar-refractivity contribution in [1.29, 1.82) is 0 Å². The first-order valence-electron chi connectivity index (χ1n) is 10.6. The molecule has 0 aliphatic carbocycles. The molecule has 0 amide bonds. The lowest BCUT2D eigenvalue weighted by atomic mass is 10.0. The molecule has 158 valence electrons. The third-order valence-electron chi connectivity index (χ3n) is 5.31. The molecule has 0 saturated heterocycles. The fourth-order valence-corrected chi connectivity index (χ4v) is 3.85. The van der Waals surface area contributed by atoms with Crippen molar-refractivity contribution >= 4 is 29.1 Å². The van der Waals surface area contributed by atoms with Gasteiger partial charge in [-0.1, -0.05) is 78.9 Å². The molecule has 1 unspecified atom stereocenters. The number of hydrogen-bond acceptors (Lipinski definition) is 6. The molecule has 6 heteroatoms. The molecule has 0 spiro atoms. The Balaban J connectivity index is 1.68. The van der Waals surface area contributed by atoms with E-state index in [1.807, 2.05) is 95.9 Å². The fraction of sp³-hybridized carbons (Fsp3) is 0.115. The highest BCUT2D eigenvalue weighted by molar-refractivity contribution is 6.41. The number of hydrogen-bond donors (Lipinski definition) is 0. The van der Waals surface area contributed by atoms with Gasteiger partial charge in [0.15, 0.2) is 0 Å². The zero-order valence-electron chi connectivity index (χ0n) is 17.6. The summed E-state index contributed by atoms with van der Waals surface area (Å²) in [7, 11) is 0. The second-order valence-corrected chi connectivity index (χ2v) is 7.35. The van der Waals surface area contributed by atoms with Gasteiger partial charge in [-0.25, -0.2) is 9.79 Å². The minimum absolute atomic E-state index is 0.215. The van der Waals surface area contributed by atoms with Crippen molar-refractivity contribution in [2.45, 2.75) is 13.0 Å². The summed E-state index contributed by atoms with van der Waals surface area (Å²) in [5, 5.41) is 6.37. The summed E-state index contributed by atoms with van der Waals surface area (Å²) in [6.07, 6.45) is 2.07. The Hall–Kier alpha value is -4.19. The van der Waals surface area contributed by atoms with Crippen LogP contribution in [0, 0.1) is 0 Å². The number of fused-ring (bicyclic) bond motifs is 1. The van der Waals surface area contributed by atoms with E-state index in [2.05, 4.69) is 11.2 Å². The van der Waals surface area contributed by atoms with Crippen molar-refractivity contribution in [2.75, 3.05) is 11.6 Å². The molecule has 0 aromatic heterocycles. The van der Waals surface area contributed by atoms with Crippen LogP contribution in [0.3, 0.4) is 0 Å². The Morgan fingerprint density at radius 1 is 0.906 bits per heavy atom. The van der Waals surface area contributed by atoms with Gasteiger partial charge >= 0.3 is 5.97 Å². The van der Waals surface area contributed by atoms with E-state index in [1.165, 1.54) is 0 Å². The van der Waals surface area contributed by atoms with E-state index < -0.39 is 5.97 Å². The highest BCUT2D eigenvalue weighted by Crippen LogP contribution is 2.37. The van der Waals surface area contributed by atoms with Crippen molar-refractivity contribution < 1.29 is 9.53 Å². The van der Waals surface area contributed by atoms with Crippen LogP contribution in [0.15, 0.2) is 107 Å². The smallest absolute Gasteiger partial charge is 0.376 e. The third-order valence-corrected chi connectivity index (χ3v) is 5.31. The van der Waals surface area contributed by atoms with Crippen molar-refractivity contribution in [1.82, 2.24) is 4.90 Å². The molecule has 0 radical (unpaired) electrons. The molecule has 0 fully saturated rings. The average Bonchev–Trinajstić information content (AvgIpc) is 3.25. The standard InChI is InChI=1S/C26H22N4O2/c1-2-32-25(31)24-28-30(21-16-10-5-11-17-21)26-27-22(19-12-6-3-7-13-19)18-23(29(24)26)20-14-8-4-9-15-20/h3-18,23H,2H2,1H3. The Labute approximate surface area is 186 Å². The van der Waals surface area contributed by atoms with Crippen LogP contribution in [0.4, 0.5) is 5.69 Å². The van der Waals surface area contributed by atoms with Gasteiger partial charge in [-0.05, 0) is 30.7 Å². The summed E-state index contributed by atoms with van der Waals surface area (Å²) in [5.41, 5.74) is 3.67. The topological polar surface area (TPSA) is 57.5 Å². The maximum absolute atomic E-state index is 12.9. The number of aliphatic imine (C=N–C) groups is 1. The van der Waals surface area contributed by atoms with Crippen LogP contribution < -0.4 is 5.01 Å². The largest absolute Gasteiger partial charge is 0.460 e. The normalized spacial score (nSPS) is 17.3. The zero-order chi connectivity index (χ0) is 21.9. The van der Waals surface area contributed by atoms with Crippen molar-refractivity contribution in [2.24, 2.45) is 10.1 Å². The van der Waals surface area contributed by atoms with Gasteiger partial charge in [0.05, 0.1) is 24.0 Å². The molecule has 6 nitrogen and oxygen atoms in total. The van der Waals surface area contributed by atoms with Gasteiger partial charge in [0.1, 0.15) is 0 Å². The van der Waals surface area contributed by atoms with Gasteiger partial charge in [0, 0.05) is 5.56 Å². The highest BCUT2D eigenvalue weighted by Gasteiger charge is 2.43. The monoisotopic (exact) mass is 422 g/mol. The van der Waals surface area contributed by atoms with Crippen molar-refractivity contribution in [3.8, 4) is 0 Å². The number of nitrogens with zero attached hydrogens (tertiary/aromatic N) is 4. The molecule has 0 N–H and O–H groups in total. The summed E-state index contributed by atoms with van der Waals surface area (Å²) in [4.78, 5) is 19.7. The minimum Gasteiger partial charge on any atom is -0.460 e. The molecule has 3 aromatic rings. The van der Waals surface area contributed by atoms with Gasteiger partial charge < -0.3 is 4.74 Å². The number of guanidine groups is 1. The molecule has 2 heterocycles. The zero-order valence-corrected chi connectivity index (χ0v) is 17.6. The van der Waals surface area contributed by atoms with Crippen LogP contribution in [0.2, 0.25) is 0 Å². The molecule has 0 saturated carbocycles. The number of carbonyl (C=O) groups is 1. The maximum atomic E-state index is 12.9. The molecule has 1 atom stereocenters. The third kappa shape index (κ3) is 3.56. The molecule has 5 rings (SSSR count). The first-order chi connectivity index (χ1) is 15.8.